The van der Waals surface area contributed by atoms with Gasteiger partial charge in [0.1, 0.15) is 11.6 Å². The van der Waals surface area contributed by atoms with E-state index in [2.05, 4.69) is 4.74 Å². The number of ketones is 1. The Morgan fingerprint density at radius 3 is 2.47 bits per heavy atom. The molecule has 0 aromatic heterocycles. The molecule has 0 saturated heterocycles. The normalized spacial score (nSPS) is 15.8. The Morgan fingerprint density at radius 2 is 1.94 bits per heavy atom. The molecule has 1 fully saturated rings. The van der Waals surface area contributed by atoms with Crippen molar-refractivity contribution in [2.75, 3.05) is 0 Å². The first-order chi connectivity index (χ1) is 7.87. The highest BCUT2D eigenvalue weighted by Crippen LogP contribution is 2.34. The molecule has 1 aromatic rings. The average Bonchev–Trinajstić information content (AvgIpc) is 3.01. The fourth-order valence-electron chi connectivity index (χ4n) is 1.46. The highest BCUT2D eigenvalue weighted by Gasteiger charge is 2.34. The van der Waals surface area contributed by atoms with Crippen LogP contribution in [0.1, 0.15) is 23.2 Å². The van der Waals surface area contributed by atoms with E-state index in [9.17, 15) is 22.4 Å². The number of ether oxygens (including phenoxy) is 1. The van der Waals surface area contributed by atoms with Gasteiger partial charge in [-0.25, -0.2) is 4.39 Å². The smallest absolute Gasteiger partial charge is 0.406 e. The second-order valence-electron chi connectivity index (χ2n) is 3.83. The Bertz CT molecular complexity index is 449. The van der Waals surface area contributed by atoms with Crippen molar-refractivity contribution < 1.29 is 27.1 Å². The molecule has 0 spiro atoms. The fourth-order valence-corrected chi connectivity index (χ4v) is 1.46. The molecule has 92 valence electrons. The summed E-state index contributed by atoms with van der Waals surface area (Å²) < 4.78 is 52.7. The second-order valence-corrected chi connectivity index (χ2v) is 3.83. The maximum atomic E-state index is 13.3. The molecular weight excluding hydrogens is 240 g/mol. The van der Waals surface area contributed by atoms with Crippen molar-refractivity contribution >= 4 is 5.78 Å². The first-order valence-electron chi connectivity index (χ1n) is 4.96. The van der Waals surface area contributed by atoms with Crippen LogP contribution in [0, 0.1) is 11.7 Å². The highest BCUT2D eigenvalue weighted by atomic mass is 19.4. The zero-order chi connectivity index (χ0) is 12.6. The minimum atomic E-state index is -4.85. The molecule has 0 atom stereocenters. The standard InChI is InChI=1S/C11H8F4O2/c12-9-4-3-7(17-11(13,14)15)5-8(9)10(16)6-1-2-6/h3-6H,1-2H2. The van der Waals surface area contributed by atoms with E-state index in [0.717, 1.165) is 18.2 Å². The molecule has 0 bridgehead atoms. The Hall–Kier alpha value is -1.59. The summed E-state index contributed by atoms with van der Waals surface area (Å²) in [5.41, 5.74) is -0.339. The molecule has 17 heavy (non-hydrogen) atoms. The van der Waals surface area contributed by atoms with Gasteiger partial charge in [-0.15, -0.1) is 13.2 Å². The van der Waals surface area contributed by atoms with Crippen LogP contribution in [-0.4, -0.2) is 12.1 Å². The van der Waals surface area contributed by atoms with E-state index < -0.39 is 23.7 Å². The maximum absolute atomic E-state index is 13.3. The molecule has 1 saturated carbocycles. The number of hydrogen-bond donors (Lipinski definition) is 0. The van der Waals surface area contributed by atoms with E-state index in [1.807, 2.05) is 0 Å². The molecule has 6 heteroatoms. The van der Waals surface area contributed by atoms with E-state index in [-0.39, 0.29) is 11.5 Å². The summed E-state index contributed by atoms with van der Waals surface area (Å²) in [6, 6.07) is 2.44. The monoisotopic (exact) mass is 248 g/mol. The summed E-state index contributed by atoms with van der Waals surface area (Å²) in [5, 5.41) is 0. The lowest BCUT2D eigenvalue weighted by Gasteiger charge is -2.10. The van der Waals surface area contributed by atoms with Gasteiger partial charge in [-0.05, 0) is 31.0 Å². The van der Waals surface area contributed by atoms with Crippen LogP contribution in [0.4, 0.5) is 17.6 Å². The van der Waals surface area contributed by atoms with Crippen molar-refractivity contribution in [2.24, 2.45) is 5.92 Å². The van der Waals surface area contributed by atoms with Crippen LogP contribution in [0.15, 0.2) is 18.2 Å². The summed E-state index contributed by atoms with van der Waals surface area (Å²) in [5.74, 6) is -2.12. The molecule has 1 aliphatic rings. The highest BCUT2D eigenvalue weighted by molar-refractivity contribution is 5.99. The summed E-state index contributed by atoms with van der Waals surface area (Å²) in [4.78, 5) is 11.6. The Balaban J connectivity index is 2.25. The van der Waals surface area contributed by atoms with Gasteiger partial charge in [0.2, 0.25) is 0 Å². The Kier molecular flexibility index (Phi) is 2.81. The van der Waals surface area contributed by atoms with Crippen molar-refractivity contribution in [1.82, 2.24) is 0 Å². The summed E-state index contributed by atoms with van der Waals surface area (Å²) in [6.07, 6.45) is -3.54. The predicted octanol–water partition coefficient (Wildman–Crippen LogP) is 3.32. The van der Waals surface area contributed by atoms with Gasteiger partial charge in [-0.3, -0.25) is 4.79 Å². The van der Waals surface area contributed by atoms with Crippen LogP contribution in [0.5, 0.6) is 5.75 Å². The molecule has 0 amide bonds. The molecule has 1 aromatic carbocycles. The van der Waals surface area contributed by atoms with Gasteiger partial charge in [0.25, 0.3) is 0 Å². The zero-order valence-corrected chi connectivity index (χ0v) is 8.55. The number of carbonyl (C=O) groups is 1. The maximum Gasteiger partial charge on any atom is 0.573 e. The summed E-state index contributed by atoms with van der Waals surface area (Å²) in [7, 11) is 0. The molecule has 0 heterocycles. The second kappa shape index (κ2) is 4.01. The third-order valence-electron chi connectivity index (χ3n) is 2.39. The van der Waals surface area contributed by atoms with E-state index in [0.29, 0.717) is 12.8 Å². The van der Waals surface area contributed by atoms with Gasteiger partial charge in [-0.2, -0.15) is 0 Å². The van der Waals surface area contributed by atoms with Crippen LogP contribution in [0.2, 0.25) is 0 Å². The number of halogens is 4. The number of rotatable bonds is 3. The molecular formula is C11H8F4O2. The minimum Gasteiger partial charge on any atom is -0.406 e. The lowest BCUT2D eigenvalue weighted by atomic mass is 10.1. The minimum absolute atomic E-state index is 0.259. The number of alkyl halides is 3. The van der Waals surface area contributed by atoms with Crippen LogP contribution < -0.4 is 4.74 Å². The topological polar surface area (TPSA) is 26.3 Å². The molecule has 0 aliphatic heterocycles. The summed E-state index contributed by atoms with van der Waals surface area (Å²) >= 11 is 0. The van der Waals surface area contributed by atoms with Crippen LogP contribution in [0.3, 0.4) is 0 Å². The van der Waals surface area contributed by atoms with Crippen LogP contribution in [-0.2, 0) is 0 Å². The van der Waals surface area contributed by atoms with E-state index in [4.69, 9.17) is 0 Å². The van der Waals surface area contributed by atoms with Crippen molar-refractivity contribution in [2.45, 2.75) is 19.2 Å². The molecule has 2 nitrogen and oxygen atoms in total. The molecule has 0 N–H and O–H groups in total. The van der Waals surface area contributed by atoms with E-state index >= 15 is 0 Å². The van der Waals surface area contributed by atoms with Crippen molar-refractivity contribution in [3.63, 3.8) is 0 Å². The zero-order valence-electron chi connectivity index (χ0n) is 8.55. The molecule has 1 aliphatic carbocycles. The largest absolute Gasteiger partial charge is 0.573 e. The third kappa shape index (κ3) is 2.95. The lowest BCUT2D eigenvalue weighted by molar-refractivity contribution is -0.274. The SMILES string of the molecule is O=C(c1cc(OC(F)(F)F)ccc1F)C1CC1. The summed E-state index contributed by atoms with van der Waals surface area (Å²) in [6.45, 7) is 0. The van der Waals surface area contributed by atoms with E-state index in [1.54, 1.807) is 0 Å². The quantitative estimate of drug-likeness (QED) is 0.606. The molecule has 0 radical (unpaired) electrons. The van der Waals surface area contributed by atoms with Gasteiger partial charge in [0.15, 0.2) is 5.78 Å². The van der Waals surface area contributed by atoms with Crippen molar-refractivity contribution in [3.8, 4) is 5.75 Å². The number of hydrogen-bond acceptors (Lipinski definition) is 2. The van der Waals surface area contributed by atoms with Gasteiger partial charge >= 0.3 is 6.36 Å². The first kappa shape index (κ1) is 11.9. The Labute approximate surface area is 94.2 Å². The van der Waals surface area contributed by atoms with Gasteiger partial charge < -0.3 is 4.74 Å². The van der Waals surface area contributed by atoms with Crippen LogP contribution >= 0.6 is 0 Å². The van der Waals surface area contributed by atoms with Crippen molar-refractivity contribution in [1.29, 1.82) is 0 Å². The number of carbonyl (C=O) groups excluding carboxylic acids is 1. The molecule has 2 rings (SSSR count). The van der Waals surface area contributed by atoms with Crippen molar-refractivity contribution in [3.05, 3.63) is 29.6 Å². The van der Waals surface area contributed by atoms with E-state index in [1.165, 1.54) is 0 Å². The first-order valence-corrected chi connectivity index (χ1v) is 4.96. The predicted molar refractivity (Wildman–Crippen MR) is 50.1 cm³/mol. The Morgan fingerprint density at radius 1 is 1.29 bits per heavy atom. The average molecular weight is 248 g/mol. The fraction of sp³-hybridized carbons (Fsp3) is 0.364. The van der Waals surface area contributed by atoms with Gasteiger partial charge in [0.05, 0.1) is 5.56 Å². The van der Waals surface area contributed by atoms with Gasteiger partial charge in [0, 0.05) is 5.92 Å². The lowest BCUT2D eigenvalue weighted by Crippen LogP contribution is -2.17. The third-order valence-corrected chi connectivity index (χ3v) is 2.39. The molecule has 0 unspecified atom stereocenters. The van der Waals surface area contributed by atoms with Gasteiger partial charge in [-0.1, -0.05) is 0 Å². The van der Waals surface area contributed by atoms with Crippen LogP contribution in [0.25, 0.3) is 0 Å². The number of Topliss-reactive ketones (excluding diaryl/α,β-unsaturated/α-hetero) is 1. The number of benzene rings is 1.